The van der Waals surface area contributed by atoms with E-state index in [-0.39, 0.29) is 12.3 Å². The lowest BCUT2D eigenvalue weighted by Crippen LogP contribution is -2.49. The number of nitrogens with one attached hydrogen (secondary N) is 1. The standard InChI is InChI=1S/C18H21Cl2N5O/c1-2-21-16-11-17(23-12-22-16)24-5-7-25(8-6-24)18(26)9-13-3-4-14(19)10-15(13)20/h3-4,10-12H,2,5-9H2,1H3,(H,21,22,23). The molecule has 1 fully saturated rings. The number of hydrogen-bond donors (Lipinski definition) is 1. The summed E-state index contributed by atoms with van der Waals surface area (Å²) in [7, 11) is 0. The smallest absolute Gasteiger partial charge is 0.227 e. The van der Waals surface area contributed by atoms with Crippen LogP contribution in [-0.2, 0) is 11.2 Å². The number of benzene rings is 1. The first-order valence-corrected chi connectivity index (χ1v) is 9.35. The van der Waals surface area contributed by atoms with Crippen LogP contribution in [0.15, 0.2) is 30.6 Å². The fourth-order valence-electron chi connectivity index (χ4n) is 2.92. The molecule has 1 saturated heterocycles. The van der Waals surface area contributed by atoms with Gasteiger partial charge in [0.2, 0.25) is 5.91 Å². The topological polar surface area (TPSA) is 61.4 Å². The highest BCUT2D eigenvalue weighted by atomic mass is 35.5. The van der Waals surface area contributed by atoms with Crippen molar-refractivity contribution in [2.75, 3.05) is 42.9 Å². The molecule has 0 radical (unpaired) electrons. The Labute approximate surface area is 163 Å². The van der Waals surface area contributed by atoms with Gasteiger partial charge in [0.05, 0.1) is 6.42 Å². The predicted octanol–water partition coefficient (Wildman–Crippen LogP) is 3.11. The Morgan fingerprint density at radius 3 is 2.62 bits per heavy atom. The van der Waals surface area contributed by atoms with Crippen LogP contribution in [0.3, 0.4) is 0 Å². The van der Waals surface area contributed by atoms with Gasteiger partial charge in [-0.1, -0.05) is 29.3 Å². The van der Waals surface area contributed by atoms with E-state index in [1.54, 1.807) is 18.5 Å². The zero-order chi connectivity index (χ0) is 18.5. The van der Waals surface area contributed by atoms with Gasteiger partial charge >= 0.3 is 0 Å². The van der Waals surface area contributed by atoms with Gasteiger partial charge in [0.15, 0.2) is 0 Å². The third-order valence-corrected chi connectivity index (χ3v) is 4.91. The fraction of sp³-hybridized carbons (Fsp3) is 0.389. The Balaban J connectivity index is 1.57. The van der Waals surface area contributed by atoms with Crippen LogP contribution >= 0.6 is 23.2 Å². The highest BCUT2D eigenvalue weighted by Gasteiger charge is 2.22. The number of rotatable bonds is 5. The average molecular weight is 394 g/mol. The van der Waals surface area contributed by atoms with Crippen LogP contribution in [0.4, 0.5) is 11.6 Å². The van der Waals surface area contributed by atoms with Crippen molar-refractivity contribution < 1.29 is 4.79 Å². The summed E-state index contributed by atoms with van der Waals surface area (Å²) in [6.45, 7) is 5.63. The van der Waals surface area contributed by atoms with Crippen molar-refractivity contribution in [3.8, 4) is 0 Å². The minimum absolute atomic E-state index is 0.0740. The minimum atomic E-state index is 0.0740. The van der Waals surface area contributed by atoms with Crippen molar-refractivity contribution in [1.82, 2.24) is 14.9 Å². The van der Waals surface area contributed by atoms with E-state index >= 15 is 0 Å². The lowest BCUT2D eigenvalue weighted by Gasteiger charge is -2.35. The van der Waals surface area contributed by atoms with E-state index in [0.29, 0.717) is 23.1 Å². The van der Waals surface area contributed by atoms with Gasteiger partial charge in [-0.2, -0.15) is 0 Å². The molecule has 0 unspecified atom stereocenters. The second-order valence-corrected chi connectivity index (χ2v) is 6.92. The van der Waals surface area contributed by atoms with Gasteiger partial charge in [0.25, 0.3) is 0 Å². The van der Waals surface area contributed by atoms with Gasteiger partial charge < -0.3 is 15.1 Å². The molecule has 2 aromatic rings. The maximum absolute atomic E-state index is 12.6. The third-order valence-electron chi connectivity index (χ3n) is 4.32. The van der Waals surface area contributed by atoms with Gasteiger partial charge in [0, 0.05) is 48.8 Å². The van der Waals surface area contributed by atoms with Crippen LogP contribution in [0.1, 0.15) is 12.5 Å². The largest absolute Gasteiger partial charge is 0.370 e. The molecule has 1 aromatic carbocycles. The molecular weight excluding hydrogens is 373 g/mol. The Morgan fingerprint density at radius 1 is 1.15 bits per heavy atom. The summed E-state index contributed by atoms with van der Waals surface area (Å²) in [6.07, 6.45) is 1.85. The SMILES string of the molecule is CCNc1cc(N2CCN(C(=O)Cc3ccc(Cl)cc3Cl)CC2)ncn1. The number of piperazine rings is 1. The predicted molar refractivity (Wildman–Crippen MR) is 105 cm³/mol. The van der Waals surface area contributed by atoms with E-state index in [4.69, 9.17) is 23.2 Å². The normalized spacial score (nSPS) is 14.4. The number of anilines is 2. The first kappa shape index (κ1) is 18.7. The third kappa shape index (κ3) is 4.56. The van der Waals surface area contributed by atoms with E-state index in [1.807, 2.05) is 24.0 Å². The molecule has 2 heterocycles. The van der Waals surface area contributed by atoms with Crippen LogP contribution in [0.5, 0.6) is 0 Å². The minimum Gasteiger partial charge on any atom is -0.370 e. The summed E-state index contributed by atoms with van der Waals surface area (Å²) in [5.74, 6) is 1.77. The van der Waals surface area contributed by atoms with Crippen molar-refractivity contribution in [3.63, 3.8) is 0 Å². The molecule has 3 rings (SSSR count). The summed E-state index contributed by atoms with van der Waals surface area (Å²) in [5.41, 5.74) is 0.801. The van der Waals surface area contributed by atoms with Crippen molar-refractivity contribution in [2.24, 2.45) is 0 Å². The molecule has 0 atom stereocenters. The maximum atomic E-state index is 12.6. The summed E-state index contributed by atoms with van der Waals surface area (Å²) in [5, 5.41) is 4.29. The maximum Gasteiger partial charge on any atom is 0.227 e. The number of aromatic nitrogens is 2. The number of halogens is 2. The van der Waals surface area contributed by atoms with E-state index in [0.717, 1.165) is 36.8 Å². The lowest BCUT2D eigenvalue weighted by atomic mass is 10.1. The number of nitrogens with zero attached hydrogens (tertiary/aromatic N) is 4. The molecule has 0 bridgehead atoms. The highest BCUT2D eigenvalue weighted by molar-refractivity contribution is 6.35. The van der Waals surface area contributed by atoms with Crippen molar-refractivity contribution >= 4 is 40.7 Å². The molecule has 6 nitrogen and oxygen atoms in total. The second-order valence-electron chi connectivity index (χ2n) is 6.07. The second kappa shape index (κ2) is 8.56. The number of carbonyl (C=O) groups is 1. The van der Waals surface area contributed by atoms with Crippen molar-refractivity contribution in [2.45, 2.75) is 13.3 Å². The van der Waals surface area contributed by atoms with Crippen molar-refractivity contribution in [3.05, 3.63) is 46.2 Å². The van der Waals surface area contributed by atoms with E-state index < -0.39 is 0 Å². The molecule has 1 aromatic heterocycles. The van der Waals surface area contributed by atoms with Crippen LogP contribution < -0.4 is 10.2 Å². The molecule has 26 heavy (non-hydrogen) atoms. The number of hydrogen-bond acceptors (Lipinski definition) is 5. The van der Waals surface area contributed by atoms with Crippen LogP contribution in [0.25, 0.3) is 0 Å². The Morgan fingerprint density at radius 2 is 1.92 bits per heavy atom. The van der Waals surface area contributed by atoms with Crippen LogP contribution in [0, 0.1) is 0 Å². The molecule has 1 N–H and O–H groups in total. The molecule has 0 aliphatic carbocycles. The quantitative estimate of drug-likeness (QED) is 0.845. The first-order chi connectivity index (χ1) is 12.6. The monoisotopic (exact) mass is 393 g/mol. The zero-order valence-corrected chi connectivity index (χ0v) is 16.1. The Kier molecular flexibility index (Phi) is 6.16. The van der Waals surface area contributed by atoms with Gasteiger partial charge in [-0.15, -0.1) is 0 Å². The molecule has 0 spiro atoms. The summed E-state index contributed by atoms with van der Waals surface area (Å²) >= 11 is 12.1. The molecular formula is C18H21Cl2N5O. The molecule has 1 amide bonds. The lowest BCUT2D eigenvalue weighted by molar-refractivity contribution is -0.130. The highest BCUT2D eigenvalue weighted by Crippen LogP contribution is 2.22. The Bertz CT molecular complexity index is 778. The van der Waals surface area contributed by atoms with Gasteiger partial charge in [0.1, 0.15) is 18.0 Å². The fourth-order valence-corrected chi connectivity index (χ4v) is 3.40. The summed E-state index contributed by atoms with van der Waals surface area (Å²) in [6, 6.07) is 7.17. The van der Waals surface area contributed by atoms with Crippen molar-refractivity contribution in [1.29, 1.82) is 0 Å². The number of carbonyl (C=O) groups excluding carboxylic acids is 1. The van der Waals surface area contributed by atoms with E-state index in [1.165, 1.54) is 0 Å². The molecule has 1 aliphatic heterocycles. The van der Waals surface area contributed by atoms with Gasteiger partial charge in [-0.3, -0.25) is 4.79 Å². The van der Waals surface area contributed by atoms with E-state index in [9.17, 15) is 4.79 Å². The van der Waals surface area contributed by atoms with Crippen LogP contribution in [0.2, 0.25) is 10.0 Å². The Hall–Kier alpha value is -2.05. The van der Waals surface area contributed by atoms with E-state index in [2.05, 4.69) is 20.2 Å². The summed E-state index contributed by atoms with van der Waals surface area (Å²) in [4.78, 5) is 25.1. The molecule has 0 saturated carbocycles. The first-order valence-electron chi connectivity index (χ1n) is 8.59. The molecule has 138 valence electrons. The van der Waals surface area contributed by atoms with Gasteiger partial charge in [-0.05, 0) is 24.6 Å². The molecule has 8 heteroatoms. The van der Waals surface area contributed by atoms with Gasteiger partial charge in [-0.25, -0.2) is 9.97 Å². The average Bonchev–Trinajstić information content (AvgIpc) is 2.65. The number of amides is 1. The zero-order valence-electron chi connectivity index (χ0n) is 14.6. The molecule has 1 aliphatic rings. The summed E-state index contributed by atoms with van der Waals surface area (Å²) < 4.78 is 0. The van der Waals surface area contributed by atoms with Crippen LogP contribution in [-0.4, -0.2) is 53.5 Å².